The maximum Gasteiger partial charge on any atom is 0.228 e. The number of rotatable bonds is 10. The van der Waals surface area contributed by atoms with Crippen molar-refractivity contribution in [2.24, 2.45) is 0 Å². The molecule has 0 aliphatic rings. The van der Waals surface area contributed by atoms with E-state index in [0.717, 1.165) is 48.2 Å². The summed E-state index contributed by atoms with van der Waals surface area (Å²) in [7, 11) is 1.83. The molecule has 0 saturated heterocycles. The van der Waals surface area contributed by atoms with Gasteiger partial charge in [0.2, 0.25) is 11.8 Å². The number of H-pyrrole nitrogens is 1. The van der Waals surface area contributed by atoms with Crippen molar-refractivity contribution in [2.75, 3.05) is 13.6 Å². The fraction of sp³-hybridized carbons (Fsp3) is 0.296. The van der Waals surface area contributed by atoms with Crippen LogP contribution in [0.5, 0.6) is 0 Å². The van der Waals surface area contributed by atoms with Crippen molar-refractivity contribution in [1.82, 2.24) is 20.1 Å². The molecule has 4 rings (SSSR count). The number of nitrogens with one attached hydrogen (secondary N) is 1. The molecule has 0 unspecified atom stereocenters. The first kappa shape index (κ1) is 23.4. The Morgan fingerprint density at radius 3 is 2.62 bits per heavy atom. The number of aromatic amines is 1. The molecule has 0 radical (unpaired) electrons. The minimum absolute atomic E-state index is 0.0318. The number of hydrogen-bond donors (Lipinski definition) is 1. The number of oxazole rings is 1. The molecule has 0 aliphatic carbocycles. The number of hydrogen-bond acceptors (Lipinski definition) is 4. The van der Waals surface area contributed by atoms with Crippen LogP contribution >= 0.6 is 0 Å². The summed E-state index contributed by atoms with van der Waals surface area (Å²) in [5.41, 5.74) is 4.13. The Kier molecular flexibility index (Phi) is 7.52. The van der Waals surface area contributed by atoms with E-state index in [9.17, 15) is 9.18 Å². The van der Waals surface area contributed by atoms with Crippen molar-refractivity contribution in [2.45, 2.75) is 39.0 Å². The number of benzene rings is 2. The van der Waals surface area contributed by atoms with Crippen molar-refractivity contribution >= 4 is 5.91 Å². The fourth-order valence-corrected chi connectivity index (χ4v) is 3.83. The van der Waals surface area contributed by atoms with Crippen molar-refractivity contribution in [3.05, 3.63) is 83.6 Å². The largest absolute Gasteiger partial charge is 0.441 e. The average Bonchev–Trinajstić information content (AvgIpc) is 3.46. The van der Waals surface area contributed by atoms with Gasteiger partial charge < -0.3 is 9.32 Å². The first-order valence-corrected chi connectivity index (χ1v) is 11.6. The van der Waals surface area contributed by atoms with E-state index in [0.29, 0.717) is 23.9 Å². The number of halogens is 1. The van der Waals surface area contributed by atoms with Gasteiger partial charge in [-0.3, -0.25) is 9.89 Å². The van der Waals surface area contributed by atoms with E-state index in [1.807, 2.05) is 56.4 Å². The van der Waals surface area contributed by atoms with Crippen molar-refractivity contribution in [3.8, 4) is 22.7 Å². The Bertz CT molecular complexity index is 1230. The van der Waals surface area contributed by atoms with E-state index in [2.05, 4.69) is 15.2 Å². The smallest absolute Gasteiger partial charge is 0.228 e. The van der Waals surface area contributed by atoms with E-state index in [4.69, 9.17) is 4.42 Å². The molecule has 1 N–H and O–H groups in total. The SMILES string of the molecule is Cc1oc(-c2ccccc2)nc1CC(=O)N(C)CCCCCc1cc(-c2cccc(F)c2)n[nH]1. The Hall–Kier alpha value is -3.74. The molecule has 0 saturated carbocycles. The maximum absolute atomic E-state index is 13.4. The fourth-order valence-electron chi connectivity index (χ4n) is 3.83. The summed E-state index contributed by atoms with van der Waals surface area (Å²) in [4.78, 5) is 18.9. The Morgan fingerprint density at radius 2 is 1.82 bits per heavy atom. The number of carbonyl (C=O) groups excluding carboxylic acids is 1. The molecule has 4 aromatic rings. The maximum atomic E-state index is 13.4. The summed E-state index contributed by atoms with van der Waals surface area (Å²) in [5.74, 6) is 0.987. The third-order valence-electron chi connectivity index (χ3n) is 5.85. The molecule has 2 aromatic carbocycles. The second-order valence-electron chi connectivity index (χ2n) is 8.48. The molecular formula is C27H29FN4O2. The van der Waals surface area contributed by atoms with Crippen LogP contribution in [0.1, 0.15) is 36.4 Å². The third-order valence-corrected chi connectivity index (χ3v) is 5.85. The molecule has 0 fully saturated rings. The highest BCUT2D eigenvalue weighted by molar-refractivity contribution is 5.78. The number of amides is 1. The molecule has 7 heteroatoms. The minimum atomic E-state index is -0.268. The number of aromatic nitrogens is 3. The molecule has 0 bridgehead atoms. The summed E-state index contributed by atoms with van der Waals surface area (Å²) in [6.07, 6.45) is 3.99. The quantitative estimate of drug-likeness (QED) is 0.313. The highest BCUT2D eigenvalue weighted by Crippen LogP contribution is 2.22. The molecule has 176 valence electrons. The predicted molar refractivity (Wildman–Crippen MR) is 130 cm³/mol. The van der Waals surface area contributed by atoms with Crippen LogP contribution < -0.4 is 0 Å². The summed E-state index contributed by atoms with van der Waals surface area (Å²) >= 11 is 0. The predicted octanol–water partition coefficient (Wildman–Crippen LogP) is 5.59. The standard InChI is InChI=1S/C27H29FN4O2/c1-19-24(29-27(34-19)20-10-5-3-6-11-20)18-26(33)32(2)15-8-4-7-14-23-17-25(31-30-23)21-12-9-13-22(28)16-21/h3,5-6,9-13,16-17H,4,7-8,14-15,18H2,1-2H3,(H,30,31). The molecule has 0 spiro atoms. The van der Waals surface area contributed by atoms with E-state index < -0.39 is 0 Å². The molecule has 34 heavy (non-hydrogen) atoms. The van der Waals surface area contributed by atoms with Crippen molar-refractivity contribution in [3.63, 3.8) is 0 Å². The highest BCUT2D eigenvalue weighted by Gasteiger charge is 2.17. The first-order chi connectivity index (χ1) is 16.5. The molecule has 2 heterocycles. The van der Waals surface area contributed by atoms with Crippen LogP contribution in [-0.2, 0) is 17.6 Å². The van der Waals surface area contributed by atoms with Crippen LogP contribution in [0.2, 0.25) is 0 Å². The lowest BCUT2D eigenvalue weighted by molar-refractivity contribution is -0.129. The number of unbranched alkanes of at least 4 members (excludes halogenated alkanes) is 2. The van der Waals surface area contributed by atoms with Gasteiger partial charge in [0.05, 0.1) is 17.8 Å². The van der Waals surface area contributed by atoms with Gasteiger partial charge in [-0.2, -0.15) is 5.10 Å². The number of likely N-dealkylation sites (N-methyl/N-ethyl adjacent to an activating group) is 1. The van der Waals surface area contributed by atoms with Crippen LogP contribution in [0.3, 0.4) is 0 Å². The van der Waals surface area contributed by atoms with E-state index in [1.54, 1.807) is 11.0 Å². The molecule has 0 aliphatic heterocycles. The average molecular weight is 461 g/mol. The molecule has 6 nitrogen and oxygen atoms in total. The number of carbonyl (C=O) groups is 1. The van der Waals surface area contributed by atoms with Gasteiger partial charge in [-0.1, -0.05) is 36.8 Å². The molecule has 2 aromatic heterocycles. The van der Waals surface area contributed by atoms with Gasteiger partial charge in [0.15, 0.2) is 0 Å². The third kappa shape index (κ3) is 5.98. The topological polar surface area (TPSA) is 75.0 Å². The van der Waals surface area contributed by atoms with Crippen LogP contribution in [0.15, 0.2) is 65.1 Å². The van der Waals surface area contributed by atoms with Gasteiger partial charge >= 0.3 is 0 Å². The summed E-state index contributed by atoms with van der Waals surface area (Å²) in [5, 5.41) is 7.32. The zero-order valence-electron chi connectivity index (χ0n) is 19.6. The number of nitrogens with zero attached hydrogens (tertiary/aromatic N) is 3. The van der Waals surface area contributed by atoms with Crippen molar-refractivity contribution < 1.29 is 13.6 Å². The Labute approximate surface area is 198 Å². The highest BCUT2D eigenvalue weighted by atomic mass is 19.1. The van der Waals surface area contributed by atoms with Gasteiger partial charge in [0.1, 0.15) is 11.6 Å². The zero-order chi connectivity index (χ0) is 23.9. The second kappa shape index (κ2) is 10.9. The normalized spacial score (nSPS) is 11.0. The van der Waals surface area contributed by atoms with Gasteiger partial charge in [-0.15, -0.1) is 0 Å². The summed E-state index contributed by atoms with van der Waals surface area (Å²) < 4.78 is 19.2. The lowest BCUT2D eigenvalue weighted by Crippen LogP contribution is -2.29. The van der Waals surface area contributed by atoms with Crippen LogP contribution in [0, 0.1) is 12.7 Å². The van der Waals surface area contributed by atoms with E-state index >= 15 is 0 Å². The van der Waals surface area contributed by atoms with E-state index in [-0.39, 0.29) is 18.1 Å². The van der Waals surface area contributed by atoms with Gasteiger partial charge in [0, 0.05) is 30.4 Å². The first-order valence-electron chi connectivity index (χ1n) is 11.6. The van der Waals surface area contributed by atoms with Gasteiger partial charge in [-0.25, -0.2) is 9.37 Å². The second-order valence-corrected chi connectivity index (χ2v) is 8.48. The minimum Gasteiger partial charge on any atom is -0.441 e. The van der Waals surface area contributed by atoms with Crippen molar-refractivity contribution in [1.29, 1.82) is 0 Å². The van der Waals surface area contributed by atoms with Crippen LogP contribution in [-0.4, -0.2) is 39.6 Å². The van der Waals surface area contributed by atoms with E-state index in [1.165, 1.54) is 12.1 Å². The van der Waals surface area contributed by atoms with Crippen LogP contribution in [0.4, 0.5) is 4.39 Å². The zero-order valence-corrected chi connectivity index (χ0v) is 19.6. The molecule has 0 atom stereocenters. The lowest BCUT2D eigenvalue weighted by Gasteiger charge is -2.16. The monoisotopic (exact) mass is 460 g/mol. The molecule has 1 amide bonds. The summed E-state index contributed by atoms with van der Waals surface area (Å²) in [6.45, 7) is 2.54. The number of aryl methyl sites for hydroxylation is 2. The summed E-state index contributed by atoms with van der Waals surface area (Å²) in [6, 6.07) is 18.1. The Morgan fingerprint density at radius 1 is 1.03 bits per heavy atom. The van der Waals surface area contributed by atoms with Gasteiger partial charge in [-0.05, 0) is 56.5 Å². The van der Waals surface area contributed by atoms with Gasteiger partial charge in [0.25, 0.3) is 0 Å². The molecular weight excluding hydrogens is 431 g/mol. The van der Waals surface area contributed by atoms with Crippen LogP contribution in [0.25, 0.3) is 22.7 Å². The Balaban J connectivity index is 1.19. The lowest BCUT2D eigenvalue weighted by atomic mass is 10.1.